The van der Waals surface area contributed by atoms with Crippen LogP contribution >= 0.6 is 0 Å². The van der Waals surface area contributed by atoms with Gasteiger partial charge in [0.25, 0.3) is 8.32 Å². The van der Waals surface area contributed by atoms with Crippen LogP contribution in [0.15, 0.2) is 68.8 Å². The Morgan fingerprint density at radius 2 is 1.70 bits per heavy atom. The third-order valence-electron chi connectivity index (χ3n) is 7.88. The fraction of sp³-hybridized carbons (Fsp3) is 0.517. The molecule has 1 aromatic carbocycles. The lowest BCUT2D eigenvalue weighted by Gasteiger charge is -2.37. The lowest BCUT2D eigenvalue weighted by atomic mass is 9.74. The zero-order valence-corrected chi connectivity index (χ0v) is 22.5. The second-order valence-electron chi connectivity index (χ2n) is 10.9. The zero-order chi connectivity index (χ0) is 25.0. The van der Waals surface area contributed by atoms with Gasteiger partial charge in [0.15, 0.2) is 5.75 Å². The van der Waals surface area contributed by atoms with Gasteiger partial charge in [-0.2, -0.15) is 0 Å². The van der Waals surface area contributed by atoms with Crippen molar-refractivity contribution in [3.05, 3.63) is 74.4 Å². The molecule has 1 aromatic rings. The van der Waals surface area contributed by atoms with Crippen LogP contribution in [0, 0.1) is 29.6 Å². The van der Waals surface area contributed by atoms with Crippen LogP contribution in [-0.4, -0.2) is 26.6 Å². The number of hydrogen-bond acceptors (Lipinski definition) is 3. The van der Waals surface area contributed by atoms with E-state index in [2.05, 4.69) is 72.3 Å². The highest BCUT2D eigenvalue weighted by atomic mass is 28.4. The minimum atomic E-state index is -2.02. The number of aliphatic hydroxyl groups is 1. The molecule has 0 saturated heterocycles. The van der Waals surface area contributed by atoms with Crippen LogP contribution in [-0.2, 0) is 6.42 Å². The maximum atomic E-state index is 10.9. The summed E-state index contributed by atoms with van der Waals surface area (Å²) in [6.07, 6.45) is 8.80. The van der Waals surface area contributed by atoms with Gasteiger partial charge in [-0.25, -0.2) is 0 Å². The van der Waals surface area contributed by atoms with E-state index in [-0.39, 0.29) is 34.6 Å². The fourth-order valence-electron chi connectivity index (χ4n) is 5.01. The standard InChI is InChI=1S/C29H44O3Si/c1-11-21(12-2)27-22(13-3)19-23(28(27)24(30)14-4)17-20-15-16-25(31-8)26(18-20)32-33(9,10)29(5,6)7/h11-16,18,21-24,27-28,30H,1-4,17,19H2,5-10H3/t22-,23-,24?,27+,28+/m1/s1. The summed E-state index contributed by atoms with van der Waals surface area (Å²) in [7, 11) is -0.334. The number of allylic oxidation sites excluding steroid dienone is 3. The average molecular weight is 469 g/mol. The van der Waals surface area contributed by atoms with Crippen LogP contribution in [0.2, 0.25) is 18.1 Å². The molecule has 182 valence electrons. The van der Waals surface area contributed by atoms with Crippen LogP contribution in [0.3, 0.4) is 0 Å². The second-order valence-corrected chi connectivity index (χ2v) is 15.6. The Balaban J connectivity index is 2.41. The summed E-state index contributed by atoms with van der Waals surface area (Å²) in [5, 5.41) is 11.0. The van der Waals surface area contributed by atoms with Gasteiger partial charge in [0.05, 0.1) is 13.2 Å². The molecule has 1 unspecified atom stereocenters. The molecule has 0 amide bonds. The molecule has 3 nitrogen and oxygen atoms in total. The van der Waals surface area contributed by atoms with Gasteiger partial charge in [-0.15, -0.1) is 26.3 Å². The first-order chi connectivity index (χ1) is 15.4. The van der Waals surface area contributed by atoms with E-state index in [0.717, 1.165) is 24.3 Å². The van der Waals surface area contributed by atoms with E-state index >= 15 is 0 Å². The molecular formula is C29H44O3Si. The molecule has 1 N–H and O–H groups in total. The summed E-state index contributed by atoms with van der Waals surface area (Å²) < 4.78 is 12.3. The van der Waals surface area contributed by atoms with Crippen LogP contribution < -0.4 is 9.16 Å². The Hall–Kier alpha value is -2.04. The Kier molecular flexibility index (Phi) is 9.00. The van der Waals surface area contributed by atoms with Gasteiger partial charge in [-0.3, -0.25) is 0 Å². The lowest BCUT2D eigenvalue weighted by Crippen LogP contribution is -2.44. The third kappa shape index (κ3) is 5.91. The van der Waals surface area contributed by atoms with Gasteiger partial charge in [0, 0.05) is 0 Å². The molecule has 1 fully saturated rings. The lowest BCUT2D eigenvalue weighted by molar-refractivity contribution is 0.0861. The molecule has 33 heavy (non-hydrogen) atoms. The highest BCUT2D eigenvalue weighted by molar-refractivity contribution is 6.74. The molecule has 0 heterocycles. The van der Waals surface area contributed by atoms with Crippen molar-refractivity contribution in [1.29, 1.82) is 0 Å². The first kappa shape index (κ1) is 27.2. The minimum absolute atomic E-state index is 0.0540. The third-order valence-corrected chi connectivity index (χ3v) is 12.2. The van der Waals surface area contributed by atoms with Crippen molar-refractivity contribution < 1.29 is 14.3 Å². The van der Waals surface area contributed by atoms with Crippen molar-refractivity contribution in [3.8, 4) is 11.5 Å². The predicted molar refractivity (Wildman–Crippen MR) is 143 cm³/mol. The van der Waals surface area contributed by atoms with E-state index < -0.39 is 14.4 Å². The summed E-state index contributed by atoms with van der Waals surface area (Å²) in [4.78, 5) is 0. The molecule has 1 saturated carbocycles. The second kappa shape index (κ2) is 10.9. The molecule has 0 spiro atoms. The Labute approximate surface area is 203 Å². The fourth-order valence-corrected chi connectivity index (χ4v) is 6.03. The van der Waals surface area contributed by atoms with E-state index in [4.69, 9.17) is 9.16 Å². The van der Waals surface area contributed by atoms with Crippen molar-refractivity contribution in [2.45, 2.75) is 57.8 Å². The number of aliphatic hydroxyl groups excluding tert-OH is 1. The molecule has 1 aliphatic carbocycles. The van der Waals surface area contributed by atoms with Crippen LogP contribution in [0.5, 0.6) is 11.5 Å². The topological polar surface area (TPSA) is 38.7 Å². The molecule has 1 aliphatic rings. The quantitative estimate of drug-likeness (QED) is 0.275. The Morgan fingerprint density at radius 3 is 2.18 bits per heavy atom. The number of hydrogen-bond donors (Lipinski definition) is 1. The molecule has 0 bridgehead atoms. The summed E-state index contributed by atoms with van der Waals surface area (Å²) >= 11 is 0. The van der Waals surface area contributed by atoms with Gasteiger partial charge in [0.1, 0.15) is 5.75 Å². The maximum absolute atomic E-state index is 10.9. The van der Waals surface area contributed by atoms with Crippen molar-refractivity contribution in [2.75, 3.05) is 7.11 Å². The van der Waals surface area contributed by atoms with Crippen molar-refractivity contribution >= 4 is 8.32 Å². The van der Waals surface area contributed by atoms with Crippen LogP contribution in [0.1, 0.15) is 32.8 Å². The zero-order valence-electron chi connectivity index (χ0n) is 21.5. The van der Waals surface area contributed by atoms with Gasteiger partial charge in [-0.1, -0.05) is 51.1 Å². The minimum Gasteiger partial charge on any atom is -0.541 e. The van der Waals surface area contributed by atoms with Crippen molar-refractivity contribution in [1.82, 2.24) is 0 Å². The SMILES string of the molecule is C=CC(O)[C@@H]1[C@H](Cc2ccc(OC)c(O[Si](C)(C)C(C)(C)C)c2)C[C@@H](C=C)[C@@H]1C(C=C)C=C. The largest absolute Gasteiger partial charge is 0.541 e. The smallest absolute Gasteiger partial charge is 0.250 e. The van der Waals surface area contributed by atoms with E-state index in [9.17, 15) is 5.11 Å². The Bertz CT molecular complexity index is 843. The molecule has 5 atom stereocenters. The molecule has 0 aromatic heterocycles. The molecule has 0 aliphatic heterocycles. The first-order valence-electron chi connectivity index (χ1n) is 12.0. The van der Waals surface area contributed by atoms with Crippen molar-refractivity contribution in [3.63, 3.8) is 0 Å². The van der Waals surface area contributed by atoms with Crippen LogP contribution in [0.25, 0.3) is 0 Å². The van der Waals surface area contributed by atoms with E-state index in [1.165, 1.54) is 5.56 Å². The van der Waals surface area contributed by atoms with Gasteiger partial charge < -0.3 is 14.3 Å². The van der Waals surface area contributed by atoms with Gasteiger partial charge in [-0.05, 0) is 78.3 Å². The molecular weight excluding hydrogens is 424 g/mol. The summed E-state index contributed by atoms with van der Waals surface area (Å²) in [6, 6.07) is 6.25. The highest BCUT2D eigenvalue weighted by Gasteiger charge is 2.46. The Morgan fingerprint density at radius 1 is 1.06 bits per heavy atom. The van der Waals surface area contributed by atoms with Crippen molar-refractivity contribution in [2.24, 2.45) is 29.6 Å². The van der Waals surface area contributed by atoms with E-state index in [1.54, 1.807) is 13.2 Å². The number of rotatable bonds is 11. The number of methoxy groups -OCH3 is 1. The summed E-state index contributed by atoms with van der Waals surface area (Å²) in [6.45, 7) is 27.2. The highest BCUT2D eigenvalue weighted by Crippen LogP contribution is 2.50. The summed E-state index contributed by atoms with van der Waals surface area (Å²) in [5.74, 6) is 2.52. The normalized spacial score (nSPS) is 24.2. The number of benzene rings is 1. The average Bonchev–Trinajstić information content (AvgIpc) is 3.11. The number of ether oxygens (including phenoxy) is 1. The summed E-state index contributed by atoms with van der Waals surface area (Å²) in [5.41, 5.74) is 1.19. The van der Waals surface area contributed by atoms with Gasteiger partial charge in [0.2, 0.25) is 0 Å². The monoisotopic (exact) mass is 468 g/mol. The molecule has 0 radical (unpaired) electrons. The van der Waals surface area contributed by atoms with E-state index in [0.29, 0.717) is 0 Å². The molecule has 4 heteroatoms. The first-order valence-corrected chi connectivity index (χ1v) is 14.9. The maximum Gasteiger partial charge on any atom is 0.250 e. The predicted octanol–water partition coefficient (Wildman–Crippen LogP) is 7.21. The van der Waals surface area contributed by atoms with Crippen LogP contribution in [0.4, 0.5) is 0 Å². The molecule has 2 rings (SSSR count). The van der Waals surface area contributed by atoms with Gasteiger partial charge >= 0.3 is 0 Å². The van der Waals surface area contributed by atoms with E-state index in [1.807, 2.05) is 24.3 Å².